The van der Waals surface area contributed by atoms with Gasteiger partial charge in [0.15, 0.2) is 11.5 Å². The van der Waals surface area contributed by atoms with Crippen LogP contribution in [0.3, 0.4) is 0 Å². The Labute approximate surface area is 149 Å². The van der Waals surface area contributed by atoms with Crippen LogP contribution in [-0.4, -0.2) is 57.6 Å². The van der Waals surface area contributed by atoms with Gasteiger partial charge in [0.25, 0.3) is 0 Å². The summed E-state index contributed by atoms with van der Waals surface area (Å²) in [5.74, 6) is 2.21. The molecule has 0 aliphatic carbocycles. The Morgan fingerprint density at radius 2 is 1.92 bits per heavy atom. The van der Waals surface area contributed by atoms with E-state index in [1.54, 1.807) is 0 Å². The molecule has 0 amide bonds. The lowest BCUT2D eigenvalue weighted by atomic mass is 9.92. The van der Waals surface area contributed by atoms with E-state index in [9.17, 15) is 0 Å². The van der Waals surface area contributed by atoms with Crippen LogP contribution < -0.4 is 0 Å². The maximum absolute atomic E-state index is 5.51. The van der Waals surface area contributed by atoms with Crippen molar-refractivity contribution in [3.63, 3.8) is 0 Å². The molecule has 1 atom stereocenters. The summed E-state index contributed by atoms with van der Waals surface area (Å²) in [6.07, 6.45) is 3.49. The van der Waals surface area contributed by atoms with Gasteiger partial charge in [-0.25, -0.2) is 0 Å². The van der Waals surface area contributed by atoms with Crippen LogP contribution in [0.15, 0.2) is 12.1 Å². The van der Waals surface area contributed by atoms with Crippen molar-refractivity contribution >= 4 is 5.65 Å². The fraction of sp³-hybridized carbons (Fsp3) is 0.737. The number of rotatable bonds is 3. The van der Waals surface area contributed by atoms with E-state index < -0.39 is 0 Å². The lowest BCUT2D eigenvalue weighted by Gasteiger charge is -2.32. The fourth-order valence-corrected chi connectivity index (χ4v) is 3.93. The van der Waals surface area contributed by atoms with E-state index in [2.05, 4.69) is 41.9 Å². The fourth-order valence-electron chi connectivity index (χ4n) is 3.93. The monoisotopic (exact) mass is 343 g/mol. The van der Waals surface area contributed by atoms with Gasteiger partial charge in [-0.15, -0.1) is 10.2 Å². The highest BCUT2D eigenvalue weighted by molar-refractivity contribution is 5.37. The zero-order valence-corrected chi connectivity index (χ0v) is 15.6. The van der Waals surface area contributed by atoms with Crippen LogP contribution in [0.4, 0.5) is 0 Å². The Morgan fingerprint density at radius 3 is 2.60 bits per heavy atom. The molecule has 2 fully saturated rings. The van der Waals surface area contributed by atoms with Crippen molar-refractivity contribution in [3.05, 3.63) is 23.7 Å². The largest absolute Gasteiger partial charge is 0.381 e. The summed E-state index contributed by atoms with van der Waals surface area (Å²) < 4.78 is 7.49. The van der Waals surface area contributed by atoms with E-state index in [0.29, 0.717) is 5.92 Å². The average Bonchev–Trinajstić information content (AvgIpc) is 3.23. The van der Waals surface area contributed by atoms with Gasteiger partial charge in [0, 0.05) is 24.5 Å². The third kappa shape index (κ3) is 3.55. The lowest BCUT2D eigenvalue weighted by Crippen LogP contribution is -2.37. The Bertz CT molecular complexity index is 721. The van der Waals surface area contributed by atoms with Crippen LogP contribution in [0.25, 0.3) is 5.65 Å². The molecule has 2 saturated heterocycles. The van der Waals surface area contributed by atoms with Gasteiger partial charge in [0.1, 0.15) is 0 Å². The van der Waals surface area contributed by atoms with Gasteiger partial charge in [-0.3, -0.25) is 0 Å². The second-order valence-electron chi connectivity index (χ2n) is 8.60. The minimum absolute atomic E-state index is 0.0302. The van der Waals surface area contributed by atoms with Crippen molar-refractivity contribution in [2.75, 3.05) is 32.8 Å². The molecular weight excluding hydrogens is 314 g/mol. The number of fused-ring (bicyclic) bond motifs is 1. The van der Waals surface area contributed by atoms with Gasteiger partial charge >= 0.3 is 0 Å². The molecule has 0 bridgehead atoms. The zero-order chi connectivity index (χ0) is 17.4. The van der Waals surface area contributed by atoms with Crippen LogP contribution in [0.2, 0.25) is 0 Å². The molecule has 2 aromatic heterocycles. The maximum atomic E-state index is 5.51. The summed E-state index contributed by atoms with van der Waals surface area (Å²) in [7, 11) is 0. The minimum Gasteiger partial charge on any atom is -0.381 e. The molecule has 4 rings (SSSR count). The smallest absolute Gasteiger partial charge is 0.177 e. The minimum atomic E-state index is 0.0302. The first-order valence-electron chi connectivity index (χ1n) is 9.53. The number of piperidine rings is 1. The first-order valence-corrected chi connectivity index (χ1v) is 9.53. The van der Waals surface area contributed by atoms with Gasteiger partial charge in [-0.2, -0.15) is 9.61 Å². The molecule has 6 heteroatoms. The van der Waals surface area contributed by atoms with Gasteiger partial charge in [-0.1, -0.05) is 20.8 Å². The maximum Gasteiger partial charge on any atom is 0.177 e. The highest BCUT2D eigenvalue weighted by atomic mass is 16.5. The summed E-state index contributed by atoms with van der Waals surface area (Å²) >= 11 is 0. The molecule has 0 saturated carbocycles. The van der Waals surface area contributed by atoms with Crippen molar-refractivity contribution in [1.29, 1.82) is 0 Å². The van der Waals surface area contributed by atoms with E-state index in [0.717, 1.165) is 62.2 Å². The Hall–Kier alpha value is -1.53. The second kappa shape index (κ2) is 6.65. The van der Waals surface area contributed by atoms with Gasteiger partial charge in [0.2, 0.25) is 0 Å². The Kier molecular flexibility index (Phi) is 4.50. The summed E-state index contributed by atoms with van der Waals surface area (Å²) in [5.41, 5.74) is 1.97. The molecule has 0 radical (unpaired) electrons. The molecule has 136 valence electrons. The number of nitrogens with zero attached hydrogens (tertiary/aromatic N) is 5. The predicted octanol–water partition coefficient (Wildman–Crippen LogP) is 2.64. The van der Waals surface area contributed by atoms with Crippen LogP contribution in [-0.2, 0) is 10.2 Å². The van der Waals surface area contributed by atoms with E-state index in [1.807, 2.05) is 10.6 Å². The summed E-state index contributed by atoms with van der Waals surface area (Å²) in [4.78, 5) is 2.59. The predicted molar refractivity (Wildman–Crippen MR) is 96.8 cm³/mol. The van der Waals surface area contributed by atoms with Crippen LogP contribution in [0, 0.1) is 5.92 Å². The molecule has 2 aliphatic heterocycles. The first-order chi connectivity index (χ1) is 12.0. The number of aromatic nitrogens is 4. The third-order valence-electron chi connectivity index (χ3n) is 5.55. The summed E-state index contributed by atoms with van der Waals surface area (Å²) in [6, 6.07) is 4.11. The van der Waals surface area contributed by atoms with E-state index in [1.165, 1.54) is 13.0 Å². The molecular formula is C19H29N5O. The van der Waals surface area contributed by atoms with Gasteiger partial charge < -0.3 is 9.64 Å². The Balaban J connectivity index is 1.47. The normalized spacial score (nSPS) is 23.6. The number of likely N-dealkylation sites (tertiary alicyclic amines) is 1. The number of hydrogen-bond donors (Lipinski definition) is 0. The van der Waals surface area contributed by atoms with Crippen molar-refractivity contribution in [2.24, 2.45) is 5.92 Å². The van der Waals surface area contributed by atoms with Crippen molar-refractivity contribution < 1.29 is 4.74 Å². The van der Waals surface area contributed by atoms with E-state index in [4.69, 9.17) is 9.84 Å². The quantitative estimate of drug-likeness (QED) is 0.857. The average molecular weight is 343 g/mol. The molecule has 4 heterocycles. The van der Waals surface area contributed by atoms with E-state index >= 15 is 0 Å². The Morgan fingerprint density at radius 1 is 1.12 bits per heavy atom. The van der Waals surface area contributed by atoms with Gasteiger partial charge in [0.05, 0.1) is 12.3 Å². The molecule has 2 aromatic rings. The highest BCUT2D eigenvalue weighted by Gasteiger charge is 2.28. The topological polar surface area (TPSA) is 55.5 Å². The van der Waals surface area contributed by atoms with Crippen molar-refractivity contribution in [3.8, 4) is 0 Å². The zero-order valence-electron chi connectivity index (χ0n) is 15.6. The standard InChI is InChI=1S/C19H29N5O/c1-19(2,3)16-4-5-17-20-21-18(24(17)22-16)15-6-9-23(10-7-15)12-14-8-11-25-13-14/h4-5,14-15H,6-13H2,1-3H3. The lowest BCUT2D eigenvalue weighted by molar-refractivity contribution is 0.151. The highest BCUT2D eigenvalue weighted by Crippen LogP contribution is 2.28. The van der Waals surface area contributed by atoms with Crippen molar-refractivity contribution in [2.45, 2.75) is 51.4 Å². The van der Waals surface area contributed by atoms with Crippen LogP contribution in [0.5, 0.6) is 0 Å². The number of hydrogen-bond acceptors (Lipinski definition) is 5. The molecule has 2 aliphatic rings. The first kappa shape index (κ1) is 16.9. The summed E-state index contributed by atoms with van der Waals surface area (Å²) in [6.45, 7) is 11.9. The van der Waals surface area contributed by atoms with Crippen LogP contribution >= 0.6 is 0 Å². The van der Waals surface area contributed by atoms with Crippen LogP contribution in [0.1, 0.15) is 57.5 Å². The van der Waals surface area contributed by atoms with E-state index in [-0.39, 0.29) is 5.41 Å². The molecule has 6 nitrogen and oxygen atoms in total. The second-order valence-corrected chi connectivity index (χ2v) is 8.60. The molecule has 1 unspecified atom stereocenters. The number of ether oxygens (including phenoxy) is 1. The molecule has 0 aromatic carbocycles. The third-order valence-corrected chi connectivity index (χ3v) is 5.55. The SMILES string of the molecule is CC(C)(C)c1ccc2nnc(C3CCN(CC4CCOC4)CC3)n2n1. The summed E-state index contributed by atoms with van der Waals surface area (Å²) in [5, 5.41) is 13.7. The molecule has 0 spiro atoms. The molecule has 25 heavy (non-hydrogen) atoms. The molecule has 0 N–H and O–H groups in total. The van der Waals surface area contributed by atoms with Gasteiger partial charge in [-0.05, 0) is 50.4 Å². The van der Waals surface area contributed by atoms with Crippen molar-refractivity contribution in [1.82, 2.24) is 24.7 Å².